The Labute approximate surface area is 176 Å². The predicted molar refractivity (Wildman–Crippen MR) is 110 cm³/mol. The Balaban J connectivity index is 1.32. The molecule has 0 atom stereocenters. The lowest BCUT2D eigenvalue weighted by atomic mass is 10.1. The summed E-state index contributed by atoms with van der Waals surface area (Å²) < 4.78 is 15.8. The van der Waals surface area contributed by atoms with Crippen LogP contribution in [0.5, 0.6) is 11.5 Å². The van der Waals surface area contributed by atoms with Crippen LogP contribution in [-0.2, 0) is 13.0 Å². The molecule has 0 aliphatic heterocycles. The van der Waals surface area contributed by atoms with Crippen molar-refractivity contribution in [3.63, 3.8) is 0 Å². The number of ether oxygens (including phenoxy) is 1. The predicted octanol–water partition coefficient (Wildman–Crippen LogP) is 2.74. The van der Waals surface area contributed by atoms with Gasteiger partial charge in [-0.25, -0.2) is 4.79 Å². The molecule has 0 radical (unpaired) electrons. The Morgan fingerprint density at radius 3 is 2.77 bits per heavy atom. The number of phenolic OH excluding ortho intramolecular Hbond substituents is 1. The van der Waals surface area contributed by atoms with Crippen LogP contribution in [-0.4, -0.2) is 27.7 Å². The molecule has 0 saturated heterocycles. The first-order chi connectivity index (χ1) is 15.0. The van der Waals surface area contributed by atoms with Crippen LogP contribution in [0, 0.1) is 6.92 Å². The number of nitrogens with zero attached hydrogens (tertiary/aromatic N) is 2. The highest BCUT2D eigenvalue weighted by Gasteiger charge is 2.15. The highest BCUT2D eigenvalue weighted by atomic mass is 16.5. The molecular weight excluding hydrogens is 402 g/mol. The lowest BCUT2D eigenvalue weighted by Crippen LogP contribution is -2.26. The van der Waals surface area contributed by atoms with E-state index in [1.54, 1.807) is 42.5 Å². The van der Waals surface area contributed by atoms with E-state index >= 15 is 0 Å². The third-order valence-electron chi connectivity index (χ3n) is 4.59. The van der Waals surface area contributed by atoms with E-state index in [9.17, 15) is 14.7 Å². The number of carbonyl (C=O) groups excluding carboxylic acids is 1. The van der Waals surface area contributed by atoms with E-state index in [2.05, 4.69) is 15.5 Å². The zero-order valence-electron chi connectivity index (χ0n) is 16.6. The van der Waals surface area contributed by atoms with Crippen molar-refractivity contribution in [3.8, 4) is 11.5 Å². The van der Waals surface area contributed by atoms with E-state index in [1.165, 1.54) is 6.07 Å². The molecule has 0 unspecified atom stereocenters. The van der Waals surface area contributed by atoms with Crippen LogP contribution in [0.2, 0.25) is 0 Å². The second-order valence-corrected chi connectivity index (χ2v) is 6.88. The van der Waals surface area contributed by atoms with Gasteiger partial charge in [-0.3, -0.25) is 4.79 Å². The number of phenols is 1. The first kappa shape index (κ1) is 20.1. The number of amides is 1. The summed E-state index contributed by atoms with van der Waals surface area (Å²) in [6.07, 6.45) is 0.591. The maximum Gasteiger partial charge on any atom is 0.336 e. The van der Waals surface area contributed by atoms with E-state index < -0.39 is 11.5 Å². The number of hydrogen-bond acceptors (Lipinski definition) is 8. The number of hydrogen-bond donors (Lipinski definition) is 2. The number of benzene rings is 2. The average Bonchev–Trinajstić information content (AvgIpc) is 3.22. The molecule has 0 spiro atoms. The summed E-state index contributed by atoms with van der Waals surface area (Å²) in [5, 5.41) is 16.5. The summed E-state index contributed by atoms with van der Waals surface area (Å²) in [6, 6.07) is 13.3. The zero-order chi connectivity index (χ0) is 21.8. The summed E-state index contributed by atoms with van der Waals surface area (Å²) in [5.74, 6) is 0.210. The highest BCUT2D eigenvalue weighted by Crippen LogP contribution is 2.22. The van der Waals surface area contributed by atoms with E-state index in [0.717, 1.165) is 16.5 Å². The van der Waals surface area contributed by atoms with E-state index in [4.69, 9.17) is 13.7 Å². The summed E-state index contributed by atoms with van der Waals surface area (Å²) in [4.78, 5) is 27.7. The van der Waals surface area contributed by atoms with Crippen LogP contribution in [0.4, 0.5) is 0 Å². The molecule has 4 rings (SSSR count). The lowest BCUT2D eigenvalue weighted by molar-refractivity contribution is 0.0910. The molecule has 1 amide bonds. The maximum absolute atomic E-state index is 12.2. The van der Waals surface area contributed by atoms with Crippen molar-refractivity contribution >= 4 is 16.9 Å². The minimum atomic E-state index is -0.486. The molecule has 9 heteroatoms. The normalized spacial score (nSPS) is 10.9. The van der Waals surface area contributed by atoms with Gasteiger partial charge < -0.3 is 24.1 Å². The smallest absolute Gasteiger partial charge is 0.336 e. The number of aromatic nitrogens is 2. The Kier molecular flexibility index (Phi) is 5.65. The highest BCUT2D eigenvalue weighted by molar-refractivity contribution is 5.89. The molecule has 31 heavy (non-hydrogen) atoms. The van der Waals surface area contributed by atoms with Crippen LogP contribution in [0.3, 0.4) is 0 Å². The van der Waals surface area contributed by atoms with Crippen molar-refractivity contribution in [3.05, 3.63) is 81.8 Å². The van der Waals surface area contributed by atoms with Crippen molar-refractivity contribution < 1.29 is 23.6 Å². The fraction of sp³-hybridized carbons (Fsp3) is 0.182. The Morgan fingerprint density at radius 2 is 1.97 bits per heavy atom. The molecule has 2 heterocycles. The van der Waals surface area contributed by atoms with Crippen LogP contribution < -0.4 is 15.7 Å². The summed E-state index contributed by atoms with van der Waals surface area (Å²) in [5.41, 5.74) is 1.78. The van der Waals surface area contributed by atoms with Gasteiger partial charge in [-0.2, -0.15) is 4.98 Å². The number of rotatable bonds is 7. The number of aryl methyl sites for hydroxylation is 1. The van der Waals surface area contributed by atoms with Crippen LogP contribution in [0.15, 0.2) is 62.3 Å². The molecule has 2 aromatic heterocycles. The van der Waals surface area contributed by atoms with Gasteiger partial charge in [-0.15, -0.1) is 0 Å². The number of carbonyl (C=O) groups is 1. The van der Waals surface area contributed by atoms with Crippen LogP contribution in [0.25, 0.3) is 11.0 Å². The molecule has 2 aromatic carbocycles. The van der Waals surface area contributed by atoms with E-state index in [1.807, 2.05) is 6.92 Å². The number of nitrogens with one attached hydrogen (secondary N) is 1. The average molecular weight is 421 g/mol. The second-order valence-electron chi connectivity index (χ2n) is 6.88. The molecule has 9 nitrogen and oxygen atoms in total. The van der Waals surface area contributed by atoms with E-state index in [-0.39, 0.29) is 24.1 Å². The Bertz CT molecular complexity index is 1280. The first-order valence-corrected chi connectivity index (χ1v) is 9.54. The van der Waals surface area contributed by atoms with Crippen molar-refractivity contribution in [2.75, 3.05) is 6.54 Å². The van der Waals surface area contributed by atoms with Gasteiger partial charge in [0, 0.05) is 24.1 Å². The SMILES string of the molecule is Cc1cc(=O)oc2cc(OCc3noc(C(=O)NCCc4ccc(O)cc4)n3)ccc12. The van der Waals surface area contributed by atoms with E-state index in [0.29, 0.717) is 24.3 Å². The first-order valence-electron chi connectivity index (χ1n) is 9.54. The van der Waals surface area contributed by atoms with Gasteiger partial charge in [0.05, 0.1) is 0 Å². The Morgan fingerprint density at radius 1 is 1.16 bits per heavy atom. The van der Waals surface area contributed by atoms with Crippen molar-refractivity contribution in [1.82, 2.24) is 15.5 Å². The van der Waals surface area contributed by atoms with Crippen molar-refractivity contribution in [2.24, 2.45) is 0 Å². The van der Waals surface area contributed by atoms with Gasteiger partial charge in [-0.05, 0) is 48.7 Å². The second kappa shape index (κ2) is 8.70. The molecule has 4 aromatic rings. The molecule has 0 aliphatic rings. The third kappa shape index (κ3) is 4.89. The standard InChI is InChI=1S/C22H19N3O6/c1-13-10-20(27)30-18-11-16(6-7-17(13)18)29-12-19-24-22(31-25-19)21(28)23-9-8-14-2-4-15(26)5-3-14/h2-7,10-11,26H,8-9,12H2,1H3,(H,23,28). The topological polar surface area (TPSA) is 128 Å². The third-order valence-corrected chi connectivity index (χ3v) is 4.59. The summed E-state index contributed by atoms with van der Waals surface area (Å²) in [6.45, 7) is 2.18. The molecule has 0 fully saturated rings. The molecule has 2 N–H and O–H groups in total. The molecule has 0 saturated carbocycles. The summed E-state index contributed by atoms with van der Waals surface area (Å²) >= 11 is 0. The minimum absolute atomic E-state index is 0.0220. The fourth-order valence-electron chi connectivity index (χ4n) is 3.01. The van der Waals surface area contributed by atoms with Crippen molar-refractivity contribution in [1.29, 1.82) is 0 Å². The fourth-order valence-corrected chi connectivity index (χ4v) is 3.01. The Hall–Kier alpha value is -4.14. The lowest BCUT2D eigenvalue weighted by Gasteiger charge is -2.05. The largest absolute Gasteiger partial charge is 0.508 e. The van der Waals surface area contributed by atoms with Crippen LogP contribution in [0.1, 0.15) is 27.6 Å². The van der Waals surface area contributed by atoms with Gasteiger partial charge >= 0.3 is 17.4 Å². The zero-order valence-corrected chi connectivity index (χ0v) is 16.6. The van der Waals surface area contributed by atoms with Crippen molar-refractivity contribution in [2.45, 2.75) is 20.0 Å². The van der Waals surface area contributed by atoms with Gasteiger partial charge in [0.25, 0.3) is 0 Å². The molecule has 0 aliphatic carbocycles. The molecular formula is C22H19N3O6. The molecule has 158 valence electrons. The summed E-state index contributed by atoms with van der Waals surface area (Å²) in [7, 11) is 0. The molecule has 0 bridgehead atoms. The minimum Gasteiger partial charge on any atom is -0.508 e. The van der Waals surface area contributed by atoms with Gasteiger partial charge in [0.15, 0.2) is 6.61 Å². The number of fused-ring (bicyclic) bond motifs is 1. The van der Waals surface area contributed by atoms with Gasteiger partial charge in [0.2, 0.25) is 5.82 Å². The quantitative estimate of drug-likeness (QED) is 0.436. The van der Waals surface area contributed by atoms with Gasteiger partial charge in [-0.1, -0.05) is 17.3 Å². The number of aromatic hydroxyl groups is 1. The van der Waals surface area contributed by atoms with Crippen LogP contribution >= 0.6 is 0 Å². The maximum atomic E-state index is 12.2. The monoisotopic (exact) mass is 421 g/mol. The van der Waals surface area contributed by atoms with Gasteiger partial charge in [0.1, 0.15) is 17.1 Å².